The predicted octanol–water partition coefficient (Wildman–Crippen LogP) is -0.754. The Morgan fingerprint density at radius 1 is 1.32 bits per heavy atom. The number of carbonyl (C=O) groups is 1. The Bertz CT molecular complexity index is 424. The maximum atomic E-state index is 11.9. The number of nitrogens with one attached hydrogen (secondary N) is 1. The lowest BCUT2D eigenvalue weighted by Crippen LogP contribution is -2.55. The Morgan fingerprint density at radius 2 is 2.00 bits per heavy atom. The summed E-state index contributed by atoms with van der Waals surface area (Å²) >= 11 is 0. The minimum atomic E-state index is -1.24. The first-order chi connectivity index (χ1) is 9.11. The standard InChI is InChI=1S/C13H17NO5/c15-7-11-10(16)6-9(13(18)19-11)14-12(17)8-4-2-1-3-5-8/h1-5,9-11,13,15-16,18H,6-7H2,(H,14,17)/t9-,10+,11-,13+/m1/s1. The molecule has 1 heterocycles. The summed E-state index contributed by atoms with van der Waals surface area (Å²) in [7, 11) is 0. The normalized spacial score (nSPS) is 30.9. The summed E-state index contributed by atoms with van der Waals surface area (Å²) in [5.41, 5.74) is 0.466. The van der Waals surface area contributed by atoms with E-state index in [1.807, 2.05) is 0 Å². The summed E-state index contributed by atoms with van der Waals surface area (Å²) in [6.07, 6.45) is -2.85. The van der Waals surface area contributed by atoms with Crippen LogP contribution in [0.3, 0.4) is 0 Å². The Hall–Kier alpha value is -1.47. The molecule has 0 aromatic heterocycles. The van der Waals surface area contributed by atoms with E-state index in [9.17, 15) is 15.0 Å². The number of aliphatic hydroxyl groups excluding tert-OH is 3. The van der Waals surface area contributed by atoms with Crippen molar-refractivity contribution < 1.29 is 24.9 Å². The number of ether oxygens (including phenoxy) is 1. The van der Waals surface area contributed by atoms with Crippen molar-refractivity contribution in [3.63, 3.8) is 0 Å². The number of benzene rings is 1. The van der Waals surface area contributed by atoms with Gasteiger partial charge in [-0.1, -0.05) is 18.2 Å². The number of rotatable bonds is 3. The molecule has 0 spiro atoms. The highest BCUT2D eigenvalue weighted by molar-refractivity contribution is 5.94. The Labute approximate surface area is 110 Å². The van der Waals surface area contributed by atoms with Crippen LogP contribution in [0.25, 0.3) is 0 Å². The van der Waals surface area contributed by atoms with Gasteiger partial charge in [-0.25, -0.2) is 0 Å². The lowest BCUT2D eigenvalue weighted by atomic mass is 10.0. The molecule has 0 radical (unpaired) electrons. The predicted molar refractivity (Wildman–Crippen MR) is 66.3 cm³/mol. The van der Waals surface area contributed by atoms with Gasteiger partial charge < -0.3 is 25.4 Å². The van der Waals surface area contributed by atoms with Crippen LogP contribution in [0.5, 0.6) is 0 Å². The first-order valence-corrected chi connectivity index (χ1v) is 6.10. The molecular weight excluding hydrogens is 250 g/mol. The van der Waals surface area contributed by atoms with Gasteiger partial charge in [-0.2, -0.15) is 0 Å². The van der Waals surface area contributed by atoms with E-state index in [0.29, 0.717) is 5.56 Å². The third-order valence-electron chi connectivity index (χ3n) is 3.12. The topological polar surface area (TPSA) is 99.0 Å². The molecule has 1 aromatic rings. The Morgan fingerprint density at radius 3 is 2.63 bits per heavy atom. The molecule has 4 atom stereocenters. The summed E-state index contributed by atoms with van der Waals surface area (Å²) < 4.78 is 5.04. The van der Waals surface area contributed by atoms with Gasteiger partial charge >= 0.3 is 0 Å². The molecule has 0 unspecified atom stereocenters. The van der Waals surface area contributed by atoms with Gasteiger partial charge in [0.15, 0.2) is 6.29 Å². The number of amides is 1. The molecule has 1 saturated heterocycles. The second-order valence-corrected chi connectivity index (χ2v) is 4.50. The van der Waals surface area contributed by atoms with Gasteiger partial charge in [0.25, 0.3) is 5.91 Å². The van der Waals surface area contributed by atoms with Gasteiger partial charge in [0, 0.05) is 12.0 Å². The zero-order valence-corrected chi connectivity index (χ0v) is 10.3. The zero-order chi connectivity index (χ0) is 13.8. The van der Waals surface area contributed by atoms with Crippen molar-refractivity contribution in [3.05, 3.63) is 35.9 Å². The van der Waals surface area contributed by atoms with E-state index in [1.54, 1.807) is 30.3 Å². The molecule has 0 saturated carbocycles. The molecule has 6 nitrogen and oxygen atoms in total. The molecule has 19 heavy (non-hydrogen) atoms. The Balaban J connectivity index is 1.98. The second-order valence-electron chi connectivity index (χ2n) is 4.50. The zero-order valence-electron chi connectivity index (χ0n) is 10.3. The van der Waals surface area contributed by atoms with Crippen LogP contribution in [0.1, 0.15) is 16.8 Å². The summed E-state index contributed by atoms with van der Waals surface area (Å²) in [6.45, 7) is -0.377. The molecule has 1 aromatic carbocycles. The molecule has 2 rings (SSSR count). The molecule has 0 bridgehead atoms. The van der Waals surface area contributed by atoms with Crippen LogP contribution >= 0.6 is 0 Å². The van der Waals surface area contributed by atoms with Crippen LogP contribution in [0.2, 0.25) is 0 Å². The number of aliphatic hydroxyl groups is 3. The number of hydrogen-bond acceptors (Lipinski definition) is 5. The molecule has 6 heteroatoms. The quantitative estimate of drug-likeness (QED) is 0.577. The average molecular weight is 267 g/mol. The number of carbonyl (C=O) groups excluding carboxylic acids is 1. The van der Waals surface area contributed by atoms with Gasteiger partial charge in [-0.3, -0.25) is 4.79 Å². The van der Waals surface area contributed by atoms with E-state index in [1.165, 1.54) is 0 Å². The SMILES string of the molecule is O=C(N[C@@H]1C[C@H](O)[C@@H](CO)O[C@@H]1O)c1ccccc1. The minimum Gasteiger partial charge on any atom is -0.394 e. The molecule has 1 aliphatic heterocycles. The molecule has 0 aliphatic carbocycles. The van der Waals surface area contributed by atoms with Gasteiger partial charge in [-0.05, 0) is 12.1 Å². The third kappa shape index (κ3) is 3.30. The summed E-state index contributed by atoms with van der Waals surface area (Å²) in [6, 6.07) is 7.87. The molecule has 104 valence electrons. The molecule has 1 fully saturated rings. The second kappa shape index (κ2) is 6.12. The Kier molecular flexibility index (Phi) is 4.49. The minimum absolute atomic E-state index is 0.130. The van der Waals surface area contributed by atoms with Gasteiger partial charge in [-0.15, -0.1) is 0 Å². The maximum Gasteiger partial charge on any atom is 0.251 e. The fourth-order valence-corrected chi connectivity index (χ4v) is 2.03. The van der Waals surface area contributed by atoms with Crippen LogP contribution in [0.4, 0.5) is 0 Å². The highest BCUT2D eigenvalue weighted by atomic mass is 16.6. The number of hydrogen-bond donors (Lipinski definition) is 4. The van der Waals surface area contributed by atoms with Gasteiger partial charge in [0.1, 0.15) is 6.10 Å². The van der Waals surface area contributed by atoms with E-state index < -0.39 is 24.5 Å². The highest BCUT2D eigenvalue weighted by Gasteiger charge is 2.36. The van der Waals surface area contributed by atoms with Crippen molar-refractivity contribution in [2.75, 3.05) is 6.61 Å². The van der Waals surface area contributed by atoms with E-state index in [4.69, 9.17) is 9.84 Å². The van der Waals surface area contributed by atoms with Crippen molar-refractivity contribution in [1.82, 2.24) is 5.32 Å². The van der Waals surface area contributed by atoms with Crippen molar-refractivity contribution in [1.29, 1.82) is 0 Å². The van der Waals surface area contributed by atoms with E-state index in [0.717, 1.165) is 0 Å². The van der Waals surface area contributed by atoms with E-state index in [2.05, 4.69) is 5.32 Å². The molecule has 4 N–H and O–H groups in total. The van der Waals surface area contributed by atoms with E-state index >= 15 is 0 Å². The van der Waals surface area contributed by atoms with Crippen LogP contribution in [-0.4, -0.2) is 52.4 Å². The van der Waals surface area contributed by atoms with Crippen molar-refractivity contribution in [2.24, 2.45) is 0 Å². The van der Waals surface area contributed by atoms with Crippen molar-refractivity contribution >= 4 is 5.91 Å². The fourth-order valence-electron chi connectivity index (χ4n) is 2.03. The van der Waals surface area contributed by atoms with E-state index in [-0.39, 0.29) is 18.9 Å². The lowest BCUT2D eigenvalue weighted by molar-refractivity contribution is -0.219. The first-order valence-electron chi connectivity index (χ1n) is 6.10. The fraction of sp³-hybridized carbons (Fsp3) is 0.462. The van der Waals surface area contributed by atoms with Gasteiger partial charge in [0.05, 0.1) is 18.8 Å². The summed E-state index contributed by atoms with van der Waals surface area (Å²) in [5, 5.41) is 31.0. The monoisotopic (exact) mass is 267 g/mol. The average Bonchev–Trinajstić information content (AvgIpc) is 2.43. The largest absolute Gasteiger partial charge is 0.394 e. The molecular formula is C13H17NO5. The molecule has 1 aliphatic rings. The molecule has 1 amide bonds. The smallest absolute Gasteiger partial charge is 0.251 e. The highest BCUT2D eigenvalue weighted by Crippen LogP contribution is 2.19. The summed E-state index contributed by atoms with van der Waals surface area (Å²) in [5.74, 6) is -0.345. The third-order valence-corrected chi connectivity index (χ3v) is 3.12. The maximum absolute atomic E-state index is 11.9. The van der Waals surface area contributed by atoms with Crippen molar-refractivity contribution in [3.8, 4) is 0 Å². The lowest BCUT2D eigenvalue weighted by Gasteiger charge is -2.36. The first kappa shape index (κ1) is 14.0. The summed E-state index contributed by atoms with van der Waals surface area (Å²) in [4.78, 5) is 11.9. The van der Waals surface area contributed by atoms with Crippen LogP contribution < -0.4 is 5.32 Å². The van der Waals surface area contributed by atoms with Crippen LogP contribution in [-0.2, 0) is 4.74 Å². The van der Waals surface area contributed by atoms with Gasteiger partial charge in [0.2, 0.25) is 0 Å². The van der Waals surface area contributed by atoms with Crippen LogP contribution in [0, 0.1) is 0 Å². The van der Waals surface area contributed by atoms with Crippen LogP contribution in [0.15, 0.2) is 30.3 Å². The van der Waals surface area contributed by atoms with Crippen molar-refractivity contribution in [2.45, 2.75) is 31.0 Å².